The summed E-state index contributed by atoms with van der Waals surface area (Å²) in [5.41, 5.74) is 7.23. The highest BCUT2D eigenvalue weighted by molar-refractivity contribution is 6.74. The van der Waals surface area contributed by atoms with E-state index in [0.29, 0.717) is 23.9 Å². The maximum atomic E-state index is 6.34. The van der Waals surface area contributed by atoms with Crippen LogP contribution in [0.15, 0.2) is 12.7 Å². The molecule has 1 saturated heterocycles. The van der Waals surface area contributed by atoms with Gasteiger partial charge >= 0.3 is 0 Å². The summed E-state index contributed by atoms with van der Waals surface area (Å²) in [6, 6.07) is 0. The van der Waals surface area contributed by atoms with Crippen LogP contribution in [0, 0.1) is 5.92 Å². The summed E-state index contributed by atoms with van der Waals surface area (Å²) in [4.78, 5) is 12.7. The van der Waals surface area contributed by atoms with Crippen molar-refractivity contribution in [3.63, 3.8) is 0 Å². The SMILES string of the molecule is C[C@H]1C[C@@H](CO[Si](C)(C)C(C)(C)C)O[C@H]1n1cnc2c(N)ncnc21. The van der Waals surface area contributed by atoms with Crippen LogP contribution in [0.25, 0.3) is 11.2 Å². The Balaban J connectivity index is 1.72. The van der Waals surface area contributed by atoms with Crippen LogP contribution in [0.3, 0.4) is 0 Å². The van der Waals surface area contributed by atoms with E-state index in [2.05, 4.69) is 55.7 Å². The van der Waals surface area contributed by atoms with E-state index in [0.717, 1.165) is 12.1 Å². The third-order valence-electron chi connectivity index (χ3n) is 5.55. The van der Waals surface area contributed by atoms with Gasteiger partial charge in [-0.2, -0.15) is 0 Å². The van der Waals surface area contributed by atoms with Gasteiger partial charge in [0.1, 0.15) is 18.1 Å². The number of nitrogens with zero attached hydrogens (tertiary/aromatic N) is 4. The number of fused-ring (bicyclic) bond motifs is 1. The van der Waals surface area contributed by atoms with Gasteiger partial charge in [-0.25, -0.2) is 15.0 Å². The maximum Gasteiger partial charge on any atom is 0.192 e. The van der Waals surface area contributed by atoms with E-state index in [9.17, 15) is 0 Å². The Labute approximate surface area is 150 Å². The predicted molar refractivity (Wildman–Crippen MR) is 101 cm³/mol. The highest BCUT2D eigenvalue weighted by Crippen LogP contribution is 2.39. The minimum absolute atomic E-state index is 0.0887. The second-order valence-corrected chi connectivity index (χ2v) is 13.3. The first-order valence-electron chi connectivity index (χ1n) is 8.82. The fraction of sp³-hybridized carbons (Fsp3) is 0.706. The average molecular weight is 364 g/mol. The second kappa shape index (κ2) is 6.33. The zero-order valence-corrected chi connectivity index (χ0v) is 17.0. The number of imidazole rings is 1. The molecule has 0 saturated carbocycles. The van der Waals surface area contributed by atoms with Crippen molar-refractivity contribution < 1.29 is 9.16 Å². The lowest BCUT2D eigenvalue weighted by atomic mass is 10.1. The summed E-state index contributed by atoms with van der Waals surface area (Å²) in [6.45, 7) is 14.1. The standard InChI is InChI=1S/C17H29N5O2Si/c1-11-7-12(8-23-25(5,6)17(2,3)4)24-16(11)22-10-21-13-14(18)19-9-20-15(13)22/h9-12,16H,7-8H2,1-6H3,(H2,18,19,20)/t11-,12-,16+/m0/s1. The van der Waals surface area contributed by atoms with Gasteiger partial charge in [0.15, 0.2) is 19.8 Å². The Morgan fingerprint density at radius 2 is 2.04 bits per heavy atom. The molecule has 0 amide bonds. The molecule has 0 spiro atoms. The van der Waals surface area contributed by atoms with Crippen LogP contribution in [0.4, 0.5) is 5.82 Å². The lowest BCUT2D eigenvalue weighted by Crippen LogP contribution is -2.42. The minimum atomic E-state index is -1.77. The first-order chi connectivity index (χ1) is 11.6. The van der Waals surface area contributed by atoms with Gasteiger partial charge in [-0.3, -0.25) is 4.57 Å². The molecule has 1 aliphatic rings. The third-order valence-corrected chi connectivity index (χ3v) is 10.1. The van der Waals surface area contributed by atoms with Gasteiger partial charge in [0, 0.05) is 5.92 Å². The topological polar surface area (TPSA) is 88.1 Å². The molecule has 0 aromatic carbocycles. The average Bonchev–Trinajstić information content (AvgIpc) is 3.08. The lowest BCUT2D eigenvalue weighted by Gasteiger charge is -2.36. The molecule has 25 heavy (non-hydrogen) atoms. The quantitative estimate of drug-likeness (QED) is 0.838. The van der Waals surface area contributed by atoms with Gasteiger partial charge in [-0.05, 0) is 24.6 Å². The largest absolute Gasteiger partial charge is 0.414 e. The normalized spacial score (nSPS) is 25.0. The van der Waals surface area contributed by atoms with Gasteiger partial charge in [-0.15, -0.1) is 0 Å². The van der Waals surface area contributed by atoms with E-state index < -0.39 is 8.32 Å². The van der Waals surface area contributed by atoms with Gasteiger partial charge in [0.05, 0.1) is 19.0 Å². The lowest BCUT2D eigenvalue weighted by molar-refractivity contribution is -0.0272. The fourth-order valence-electron chi connectivity index (χ4n) is 2.94. The summed E-state index contributed by atoms with van der Waals surface area (Å²) in [5.74, 6) is 0.744. The van der Waals surface area contributed by atoms with Crippen LogP contribution in [0.2, 0.25) is 18.1 Å². The van der Waals surface area contributed by atoms with E-state index >= 15 is 0 Å². The summed E-state index contributed by atoms with van der Waals surface area (Å²) in [6.07, 6.45) is 4.15. The van der Waals surface area contributed by atoms with E-state index in [1.807, 2.05) is 4.57 Å². The monoisotopic (exact) mass is 363 g/mol. The predicted octanol–water partition coefficient (Wildman–Crippen LogP) is 3.35. The van der Waals surface area contributed by atoms with Crippen molar-refractivity contribution in [2.45, 2.75) is 64.6 Å². The van der Waals surface area contributed by atoms with Crippen molar-refractivity contribution in [1.82, 2.24) is 19.5 Å². The molecule has 1 aliphatic heterocycles. The number of nitrogens with two attached hydrogens (primary N) is 1. The molecule has 0 radical (unpaired) electrons. The number of hydrogen-bond acceptors (Lipinski definition) is 6. The van der Waals surface area contributed by atoms with E-state index in [4.69, 9.17) is 14.9 Å². The molecule has 0 aliphatic carbocycles. The molecular formula is C17H29N5O2Si. The molecular weight excluding hydrogens is 334 g/mol. The molecule has 3 atom stereocenters. The Hall–Kier alpha value is -1.51. The number of aromatic nitrogens is 4. The Morgan fingerprint density at radius 3 is 2.72 bits per heavy atom. The second-order valence-electron chi connectivity index (χ2n) is 8.52. The Kier molecular flexibility index (Phi) is 4.63. The molecule has 7 nitrogen and oxygen atoms in total. The van der Waals surface area contributed by atoms with E-state index in [1.54, 1.807) is 6.33 Å². The summed E-state index contributed by atoms with van der Waals surface area (Å²) >= 11 is 0. The van der Waals surface area contributed by atoms with Crippen molar-refractivity contribution in [2.75, 3.05) is 12.3 Å². The highest BCUT2D eigenvalue weighted by atomic mass is 28.4. The number of hydrogen-bond donors (Lipinski definition) is 1. The number of rotatable bonds is 4. The number of anilines is 1. The maximum absolute atomic E-state index is 6.34. The summed E-state index contributed by atoms with van der Waals surface area (Å²) in [7, 11) is -1.77. The smallest absolute Gasteiger partial charge is 0.192 e. The molecule has 8 heteroatoms. The minimum Gasteiger partial charge on any atom is -0.414 e. The molecule has 1 fully saturated rings. The Bertz CT molecular complexity index is 755. The molecule has 2 aromatic heterocycles. The zero-order chi connectivity index (χ0) is 18.4. The van der Waals surface area contributed by atoms with Crippen LogP contribution < -0.4 is 5.73 Å². The van der Waals surface area contributed by atoms with Crippen LogP contribution in [0.5, 0.6) is 0 Å². The van der Waals surface area contributed by atoms with E-state index in [1.165, 1.54) is 6.33 Å². The zero-order valence-electron chi connectivity index (χ0n) is 16.0. The van der Waals surface area contributed by atoms with Gasteiger partial charge in [0.2, 0.25) is 0 Å². The van der Waals surface area contributed by atoms with Crippen LogP contribution >= 0.6 is 0 Å². The Morgan fingerprint density at radius 1 is 1.32 bits per heavy atom. The molecule has 3 heterocycles. The van der Waals surface area contributed by atoms with Crippen LogP contribution in [-0.2, 0) is 9.16 Å². The molecule has 138 valence electrons. The third kappa shape index (κ3) is 3.43. The van der Waals surface area contributed by atoms with E-state index in [-0.39, 0.29) is 17.4 Å². The molecule has 2 N–H and O–H groups in total. The van der Waals surface area contributed by atoms with Crippen molar-refractivity contribution >= 4 is 25.3 Å². The van der Waals surface area contributed by atoms with Gasteiger partial charge < -0.3 is 14.9 Å². The number of ether oxygens (including phenoxy) is 1. The van der Waals surface area contributed by atoms with Gasteiger partial charge in [-0.1, -0.05) is 27.7 Å². The fourth-order valence-corrected chi connectivity index (χ4v) is 3.97. The molecule has 2 aromatic rings. The molecule has 3 rings (SSSR count). The van der Waals surface area contributed by atoms with Crippen molar-refractivity contribution in [2.24, 2.45) is 5.92 Å². The summed E-state index contributed by atoms with van der Waals surface area (Å²) < 4.78 is 14.6. The molecule has 0 bridgehead atoms. The highest BCUT2D eigenvalue weighted by Gasteiger charge is 2.40. The van der Waals surface area contributed by atoms with Crippen molar-refractivity contribution in [3.8, 4) is 0 Å². The summed E-state index contributed by atoms with van der Waals surface area (Å²) in [5, 5.41) is 0.200. The molecule has 0 unspecified atom stereocenters. The number of nitrogen functional groups attached to an aromatic ring is 1. The van der Waals surface area contributed by atoms with Crippen LogP contribution in [-0.4, -0.2) is 40.5 Å². The van der Waals surface area contributed by atoms with Gasteiger partial charge in [0.25, 0.3) is 0 Å². The first-order valence-corrected chi connectivity index (χ1v) is 11.7. The first kappa shape index (κ1) is 18.3. The van der Waals surface area contributed by atoms with Crippen molar-refractivity contribution in [3.05, 3.63) is 12.7 Å². The van der Waals surface area contributed by atoms with Crippen LogP contribution in [0.1, 0.15) is 40.3 Å². The van der Waals surface area contributed by atoms with Crippen molar-refractivity contribution in [1.29, 1.82) is 0 Å².